The monoisotopic (exact) mass is 425 g/mol. The van der Waals surface area contributed by atoms with Gasteiger partial charge in [-0.2, -0.15) is 4.68 Å². The SMILES string of the molecule is CCOC(=O)n1c(O)c(N=NC(=O)c2nnn(-c3nonc3N)c2C)c2ccccc21. The Labute approximate surface area is 172 Å². The lowest BCUT2D eigenvalue weighted by Gasteiger charge is -2.04. The van der Waals surface area contributed by atoms with Crippen LogP contribution in [0.5, 0.6) is 5.88 Å². The normalized spacial score (nSPS) is 11.4. The van der Waals surface area contributed by atoms with Gasteiger partial charge in [0.05, 0.1) is 17.8 Å². The number of rotatable bonds is 4. The number of anilines is 1. The third kappa shape index (κ3) is 3.25. The number of hydrogen-bond donors (Lipinski definition) is 2. The van der Waals surface area contributed by atoms with Crippen molar-refractivity contribution in [3.63, 3.8) is 0 Å². The highest BCUT2D eigenvalue weighted by Gasteiger charge is 2.24. The minimum atomic E-state index is -0.842. The molecule has 0 aliphatic heterocycles. The number of aromatic hydroxyl groups is 1. The van der Waals surface area contributed by atoms with Gasteiger partial charge in [0.25, 0.3) is 0 Å². The summed E-state index contributed by atoms with van der Waals surface area (Å²) in [6.07, 6.45) is -0.790. The number of azo groups is 1. The second-order valence-corrected chi connectivity index (χ2v) is 6.14. The number of ether oxygens (including phenoxy) is 1. The Kier molecular flexibility index (Phi) is 4.86. The zero-order valence-corrected chi connectivity index (χ0v) is 16.3. The van der Waals surface area contributed by atoms with Gasteiger partial charge in [-0.3, -0.25) is 4.79 Å². The fraction of sp³-hybridized carbons (Fsp3) is 0.176. The molecule has 0 spiro atoms. The van der Waals surface area contributed by atoms with E-state index < -0.39 is 17.9 Å². The maximum absolute atomic E-state index is 12.6. The molecule has 31 heavy (non-hydrogen) atoms. The van der Waals surface area contributed by atoms with Crippen LogP contribution in [0.3, 0.4) is 0 Å². The van der Waals surface area contributed by atoms with Crippen LogP contribution in [0.15, 0.2) is 39.1 Å². The summed E-state index contributed by atoms with van der Waals surface area (Å²) in [4.78, 5) is 24.8. The van der Waals surface area contributed by atoms with Crippen LogP contribution < -0.4 is 5.73 Å². The van der Waals surface area contributed by atoms with Crippen LogP contribution >= 0.6 is 0 Å². The topological polar surface area (TPSA) is 189 Å². The van der Waals surface area contributed by atoms with E-state index in [9.17, 15) is 14.7 Å². The molecular weight excluding hydrogens is 410 g/mol. The number of carbonyl (C=O) groups is 2. The molecule has 0 fully saturated rings. The molecule has 0 unspecified atom stereocenters. The number of amides is 1. The van der Waals surface area contributed by atoms with Gasteiger partial charge in [-0.05, 0) is 30.2 Å². The molecule has 0 bridgehead atoms. The van der Waals surface area contributed by atoms with Gasteiger partial charge in [-0.25, -0.2) is 14.0 Å². The van der Waals surface area contributed by atoms with Crippen LogP contribution in [0, 0.1) is 6.92 Å². The van der Waals surface area contributed by atoms with Crippen LogP contribution in [-0.4, -0.2) is 53.6 Å². The number of hydrogen-bond acceptors (Lipinski definition) is 11. The molecule has 4 aromatic rings. The lowest BCUT2D eigenvalue weighted by atomic mass is 10.2. The summed E-state index contributed by atoms with van der Waals surface area (Å²) in [6, 6.07) is 6.57. The van der Waals surface area contributed by atoms with Crippen molar-refractivity contribution in [2.45, 2.75) is 13.8 Å². The van der Waals surface area contributed by atoms with Crippen molar-refractivity contribution in [1.29, 1.82) is 0 Å². The van der Waals surface area contributed by atoms with Crippen LogP contribution in [0.1, 0.15) is 23.1 Å². The maximum Gasteiger partial charge on any atom is 0.421 e. The molecule has 0 aliphatic carbocycles. The molecule has 0 atom stereocenters. The van der Waals surface area contributed by atoms with Gasteiger partial charge < -0.3 is 15.6 Å². The fourth-order valence-corrected chi connectivity index (χ4v) is 2.89. The van der Waals surface area contributed by atoms with Crippen LogP contribution in [0.2, 0.25) is 0 Å². The minimum Gasteiger partial charge on any atom is -0.492 e. The number of carbonyl (C=O) groups excluding carboxylic acids is 2. The fourth-order valence-electron chi connectivity index (χ4n) is 2.89. The second kappa shape index (κ2) is 7.66. The first kappa shape index (κ1) is 19.7. The van der Waals surface area contributed by atoms with E-state index in [1.807, 2.05) is 0 Å². The lowest BCUT2D eigenvalue weighted by molar-refractivity contribution is 0.0989. The highest BCUT2D eigenvalue weighted by Crippen LogP contribution is 2.39. The molecule has 14 heteroatoms. The van der Waals surface area contributed by atoms with Crippen LogP contribution in [0.4, 0.5) is 16.3 Å². The summed E-state index contributed by atoms with van der Waals surface area (Å²) in [5.74, 6) is -1.33. The van der Waals surface area contributed by atoms with E-state index in [0.717, 1.165) is 4.57 Å². The average molecular weight is 425 g/mol. The third-order valence-corrected chi connectivity index (χ3v) is 4.31. The van der Waals surface area contributed by atoms with E-state index in [1.54, 1.807) is 38.1 Å². The summed E-state index contributed by atoms with van der Waals surface area (Å²) in [6.45, 7) is 3.29. The third-order valence-electron chi connectivity index (χ3n) is 4.31. The zero-order chi connectivity index (χ0) is 22.1. The molecule has 0 saturated heterocycles. The highest BCUT2D eigenvalue weighted by atomic mass is 16.6. The molecule has 4 rings (SSSR count). The number of para-hydroxylation sites is 1. The molecule has 14 nitrogen and oxygen atoms in total. The van der Waals surface area contributed by atoms with Crippen molar-refractivity contribution in [3.8, 4) is 11.7 Å². The zero-order valence-electron chi connectivity index (χ0n) is 16.3. The first-order valence-electron chi connectivity index (χ1n) is 8.90. The summed E-state index contributed by atoms with van der Waals surface area (Å²) in [5, 5.41) is 33.0. The Balaban J connectivity index is 1.71. The van der Waals surface area contributed by atoms with E-state index in [1.165, 1.54) is 4.68 Å². The van der Waals surface area contributed by atoms with Gasteiger partial charge in [0.1, 0.15) is 0 Å². The summed E-state index contributed by atoms with van der Waals surface area (Å²) >= 11 is 0. The van der Waals surface area contributed by atoms with E-state index in [0.29, 0.717) is 10.9 Å². The first-order chi connectivity index (χ1) is 14.9. The van der Waals surface area contributed by atoms with E-state index >= 15 is 0 Å². The Morgan fingerprint density at radius 2 is 2.06 bits per heavy atom. The molecule has 1 amide bonds. The quantitative estimate of drug-likeness (QED) is 0.458. The molecule has 0 saturated carbocycles. The van der Waals surface area contributed by atoms with Crippen molar-refractivity contribution >= 4 is 34.4 Å². The second-order valence-electron chi connectivity index (χ2n) is 6.14. The number of nitrogen functional groups attached to an aromatic ring is 1. The predicted octanol–water partition coefficient (Wildman–Crippen LogP) is 2.13. The molecule has 0 radical (unpaired) electrons. The number of nitrogens with zero attached hydrogens (tertiary/aromatic N) is 8. The molecule has 0 aliphatic rings. The van der Waals surface area contributed by atoms with E-state index in [-0.39, 0.29) is 35.3 Å². The van der Waals surface area contributed by atoms with E-state index in [2.05, 4.69) is 35.5 Å². The Bertz CT molecular complexity index is 1330. The van der Waals surface area contributed by atoms with E-state index in [4.69, 9.17) is 10.5 Å². The Hall–Kier alpha value is -4.62. The minimum absolute atomic E-state index is 0.0367. The summed E-state index contributed by atoms with van der Waals surface area (Å²) < 4.78 is 11.6. The molecule has 1 aromatic carbocycles. The van der Waals surface area contributed by atoms with Crippen molar-refractivity contribution in [2.75, 3.05) is 12.3 Å². The molecule has 3 N–H and O–H groups in total. The smallest absolute Gasteiger partial charge is 0.421 e. The predicted molar refractivity (Wildman–Crippen MR) is 103 cm³/mol. The van der Waals surface area contributed by atoms with Crippen molar-refractivity contribution < 1.29 is 24.1 Å². The molecule has 158 valence electrons. The van der Waals surface area contributed by atoms with Gasteiger partial charge >= 0.3 is 12.0 Å². The standard InChI is InChI=1S/C17H15N9O5/c1-3-30-17(29)25-10-7-5-4-6-9(10)12(16(25)28)19-21-15(27)11-8(2)26(24-20-11)14-13(18)22-31-23-14/h4-7,28H,3H2,1-2H3,(H2,18,22). The number of aromatic nitrogens is 6. The van der Waals surface area contributed by atoms with Gasteiger partial charge in [0.15, 0.2) is 11.4 Å². The number of benzene rings is 1. The van der Waals surface area contributed by atoms with Gasteiger partial charge in [-0.1, -0.05) is 23.4 Å². The molecular formula is C17H15N9O5. The van der Waals surface area contributed by atoms with Crippen molar-refractivity contribution in [2.24, 2.45) is 10.2 Å². The van der Waals surface area contributed by atoms with Crippen LogP contribution in [0.25, 0.3) is 16.7 Å². The van der Waals surface area contributed by atoms with Crippen LogP contribution in [-0.2, 0) is 4.74 Å². The number of fused-ring (bicyclic) bond motifs is 1. The van der Waals surface area contributed by atoms with Gasteiger partial charge in [-0.15, -0.1) is 15.3 Å². The van der Waals surface area contributed by atoms with Crippen molar-refractivity contribution in [1.82, 2.24) is 29.9 Å². The summed E-state index contributed by atoms with van der Waals surface area (Å²) in [5.41, 5.74) is 6.04. The van der Waals surface area contributed by atoms with Gasteiger partial charge in [0, 0.05) is 5.39 Å². The largest absolute Gasteiger partial charge is 0.492 e. The summed E-state index contributed by atoms with van der Waals surface area (Å²) in [7, 11) is 0. The molecule has 3 aromatic heterocycles. The maximum atomic E-state index is 12.6. The highest BCUT2D eigenvalue weighted by molar-refractivity contribution is 6.01. The number of nitrogens with two attached hydrogens (primary N) is 1. The van der Waals surface area contributed by atoms with Crippen molar-refractivity contribution in [3.05, 3.63) is 35.7 Å². The first-order valence-corrected chi connectivity index (χ1v) is 8.90. The average Bonchev–Trinajstić information content (AvgIpc) is 3.41. The van der Waals surface area contributed by atoms with Gasteiger partial charge in [0.2, 0.25) is 17.5 Å². The molecule has 3 heterocycles. The lowest BCUT2D eigenvalue weighted by Crippen LogP contribution is -2.12. The Morgan fingerprint density at radius 1 is 1.29 bits per heavy atom. The Morgan fingerprint density at radius 3 is 2.77 bits per heavy atom.